The van der Waals surface area contributed by atoms with E-state index in [1.54, 1.807) is 25.1 Å². The van der Waals surface area contributed by atoms with Crippen LogP contribution >= 0.6 is 11.6 Å². The summed E-state index contributed by atoms with van der Waals surface area (Å²) >= 11 is 6.22. The molecule has 0 saturated carbocycles. The van der Waals surface area contributed by atoms with Crippen molar-refractivity contribution < 1.29 is 28.3 Å². The Morgan fingerprint density at radius 2 is 2.07 bits per heavy atom. The summed E-state index contributed by atoms with van der Waals surface area (Å²) in [4.78, 5) is 24.0. The van der Waals surface area contributed by atoms with E-state index < -0.39 is 18.0 Å². The standard InChI is InChI=1S/C19H19ClN2O6/c1-11-8-16(22-28-11)21-19(24)12(2)27-17(23)5-4-13-9-14(20)18-15(10-13)25-6-3-7-26-18/h4-5,8-10,12H,3,6-7H2,1-2H3,(H,21,22,24)/b5-4+/t12-/m0/s1. The van der Waals surface area contributed by atoms with Crippen LogP contribution in [-0.2, 0) is 14.3 Å². The molecule has 0 radical (unpaired) electrons. The summed E-state index contributed by atoms with van der Waals surface area (Å²) in [5.74, 6) is 0.622. The monoisotopic (exact) mass is 406 g/mol. The summed E-state index contributed by atoms with van der Waals surface area (Å²) < 4.78 is 21.1. The smallest absolute Gasteiger partial charge is 0.331 e. The number of aromatic nitrogens is 1. The van der Waals surface area contributed by atoms with Gasteiger partial charge in [0.1, 0.15) is 5.76 Å². The quantitative estimate of drug-likeness (QED) is 0.600. The minimum atomic E-state index is -1.01. The van der Waals surface area contributed by atoms with Crippen molar-refractivity contribution in [3.8, 4) is 11.5 Å². The van der Waals surface area contributed by atoms with E-state index in [0.29, 0.717) is 41.1 Å². The minimum Gasteiger partial charge on any atom is -0.489 e. The molecule has 1 amide bonds. The fourth-order valence-corrected chi connectivity index (χ4v) is 2.71. The van der Waals surface area contributed by atoms with Gasteiger partial charge in [0.15, 0.2) is 23.4 Å². The third-order valence-electron chi connectivity index (χ3n) is 3.78. The van der Waals surface area contributed by atoms with Crippen LogP contribution in [0.5, 0.6) is 11.5 Å². The number of anilines is 1. The Balaban J connectivity index is 1.59. The second kappa shape index (κ2) is 8.79. The van der Waals surface area contributed by atoms with Gasteiger partial charge in [-0.1, -0.05) is 16.8 Å². The molecule has 8 nitrogen and oxygen atoms in total. The van der Waals surface area contributed by atoms with Crippen molar-refractivity contribution in [2.75, 3.05) is 18.5 Å². The number of ether oxygens (including phenoxy) is 3. The van der Waals surface area contributed by atoms with Gasteiger partial charge in [-0.3, -0.25) is 4.79 Å². The van der Waals surface area contributed by atoms with Crippen LogP contribution in [0.3, 0.4) is 0 Å². The molecule has 1 atom stereocenters. The highest BCUT2D eigenvalue weighted by Gasteiger charge is 2.18. The largest absolute Gasteiger partial charge is 0.489 e. The number of benzene rings is 1. The van der Waals surface area contributed by atoms with Crippen LogP contribution in [0.15, 0.2) is 28.8 Å². The number of nitrogens with one attached hydrogen (secondary N) is 1. The number of nitrogens with zero attached hydrogens (tertiary/aromatic N) is 1. The molecule has 1 N–H and O–H groups in total. The number of esters is 1. The molecule has 1 aromatic carbocycles. The summed E-state index contributed by atoms with van der Waals surface area (Å²) in [6, 6.07) is 4.93. The second-order valence-electron chi connectivity index (χ2n) is 6.10. The van der Waals surface area contributed by atoms with Crippen molar-refractivity contribution in [1.29, 1.82) is 0 Å². The zero-order valence-electron chi connectivity index (χ0n) is 15.4. The summed E-state index contributed by atoms with van der Waals surface area (Å²) in [5, 5.41) is 6.54. The van der Waals surface area contributed by atoms with Crippen LogP contribution in [0, 0.1) is 6.92 Å². The molecule has 2 aromatic rings. The highest BCUT2D eigenvalue weighted by Crippen LogP contribution is 2.38. The number of rotatable bonds is 5. The van der Waals surface area contributed by atoms with E-state index in [2.05, 4.69) is 10.5 Å². The van der Waals surface area contributed by atoms with Gasteiger partial charge in [-0.2, -0.15) is 0 Å². The van der Waals surface area contributed by atoms with E-state index in [9.17, 15) is 9.59 Å². The maximum Gasteiger partial charge on any atom is 0.331 e. The van der Waals surface area contributed by atoms with Crippen LogP contribution in [0.1, 0.15) is 24.7 Å². The number of aryl methyl sites for hydroxylation is 1. The van der Waals surface area contributed by atoms with E-state index in [0.717, 1.165) is 6.42 Å². The fourth-order valence-electron chi connectivity index (χ4n) is 2.43. The van der Waals surface area contributed by atoms with Gasteiger partial charge in [-0.25, -0.2) is 4.79 Å². The lowest BCUT2D eigenvalue weighted by atomic mass is 10.2. The average molecular weight is 407 g/mol. The van der Waals surface area contributed by atoms with Crippen molar-refractivity contribution in [2.24, 2.45) is 0 Å². The Morgan fingerprint density at radius 1 is 1.29 bits per heavy atom. The van der Waals surface area contributed by atoms with Gasteiger partial charge in [0.05, 0.1) is 18.2 Å². The summed E-state index contributed by atoms with van der Waals surface area (Å²) in [6.45, 7) is 4.21. The Kier molecular flexibility index (Phi) is 6.20. The first kappa shape index (κ1) is 19.8. The lowest BCUT2D eigenvalue weighted by Crippen LogP contribution is -2.29. The van der Waals surface area contributed by atoms with Crippen molar-refractivity contribution in [1.82, 2.24) is 5.16 Å². The zero-order chi connectivity index (χ0) is 20.1. The third-order valence-corrected chi connectivity index (χ3v) is 4.06. The van der Waals surface area contributed by atoms with Gasteiger partial charge in [0.25, 0.3) is 5.91 Å². The first-order valence-electron chi connectivity index (χ1n) is 8.64. The number of hydrogen-bond donors (Lipinski definition) is 1. The molecule has 1 aliphatic rings. The van der Waals surface area contributed by atoms with E-state index in [1.807, 2.05) is 0 Å². The molecule has 148 valence electrons. The van der Waals surface area contributed by atoms with Crippen molar-refractivity contribution in [2.45, 2.75) is 26.4 Å². The highest BCUT2D eigenvalue weighted by molar-refractivity contribution is 6.32. The van der Waals surface area contributed by atoms with Crippen LogP contribution in [-0.4, -0.2) is 36.4 Å². The molecule has 3 rings (SSSR count). The van der Waals surface area contributed by atoms with Gasteiger partial charge in [0.2, 0.25) is 0 Å². The van der Waals surface area contributed by atoms with Gasteiger partial charge >= 0.3 is 5.97 Å². The summed E-state index contributed by atoms with van der Waals surface area (Å²) in [7, 11) is 0. The number of carbonyl (C=O) groups is 2. The summed E-state index contributed by atoms with van der Waals surface area (Å²) in [5.41, 5.74) is 0.640. The van der Waals surface area contributed by atoms with E-state index in [1.165, 1.54) is 19.1 Å². The number of halogens is 1. The Labute approximate surface area is 166 Å². The average Bonchev–Trinajstić information content (AvgIpc) is 2.91. The van der Waals surface area contributed by atoms with Gasteiger partial charge < -0.3 is 24.1 Å². The first-order valence-corrected chi connectivity index (χ1v) is 9.02. The zero-order valence-corrected chi connectivity index (χ0v) is 16.1. The lowest BCUT2D eigenvalue weighted by molar-refractivity contribution is -0.148. The predicted molar refractivity (Wildman–Crippen MR) is 102 cm³/mol. The number of fused-ring (bicyclic) bond motifs is 1. The van der Waals surface area contributed by atoms with E-state index in [-0.39, 0.29) is 5.82 Å². The van der Waals surface area contributed by atoms with Crippen molar-refractivity contribution in [3.05, 3.63) is 40.6 Å². The lowest BCUT2D eigenvalue weighted by Gasteiger charge is -2.11. The molecule has 1 aliphatic heterocycles. The fraction of sp³-hybridized carbons (Fsp3) is 0.316. The van der Waals surface area contributed by atoms with Gasteiger partial charge in [0, 0.05) is 18.6 Å². The van der Waals surface area contributed by atoms with Crippen LogP contribution in [0.2, 0.25) is 5.02 Å². The molecule has 2 heterocycles. The summed E-state index contributed by atoms with van der Waals surface area (Å²) in [6.07, 6.45) is 2.48. The Bertz CT molecular complexity index is 908. The SMILES string of the molecule is Cc1cc(NC(=O)[C@H](C)OC(=O)/C=C/c2cc(Cl)c3c(c2)OCCCO3)no1. The van der Waals surface area contributed by atoms with Gasteiger partial charge in [-0.15, -0.1) is 0 Å². The third kappa shape index (κ3) is 5.04. The molecule has 0 aliphatic carbocycles. The molecule has 0 unspecified atom stereocenters. The number of amides is 1. The van der Waals surface area contributed by atoms with Gasteiger partial charge in [-0.05, 0) is 37.6 Å². The molecule has 28 heavy (non-hydrogen) atoms. The number of hydrogen-bond acceptors (Lipinski definition) is 7. The Hall–Kier alpha value is -3.00. The molecular weight excluding hydrogens is 388 g/mol. The van der Waals surface area contributed by atoms with Crippen LogP contribution in [0.4, 0.5) is 5.82 Å². The van der Waals surface area contributed by atoms with Crippen molar-refractivity contribution in [3.63, 3.8) is 0 Å². The molecule has 0 bridgehead atoms. The van der Waals surface area contributed by atoms with E-state index >= 15 is 0 Å². The maximum atomic E-state index is 12.0. The molecule has 0 saturated heterocycles. The molecule has 9 heteroatoms. The molecular formula is C19H19ClN2O6. The molecule has 1 aromatic heterocycles. The first-order chi connectivity index (χ1) is 13.4. The molecule has 0 fully saturated rings. The van der Waals surface area contributed by atoms with Crippen molar-refractivity contribution >= 4 is 35.4 Å². The second-order valence-corrected chi connectivity index (χ2v) is 6.51. The normalized spacial score (nSPS) is 14.4. The number of carbonyl (C=O) groups excluding carboxylic acids is 2. The Morgan fingerprint density at radius 3 is 2.82 bits per heavy atom. The predicted octanol–water partition coefficient (Wildman–Crippen LogP) is 3.38. The highest BCUT2D eigenvalue weighted by atomic mass is 35.5. The van der Waals surface area contributed by atoms with E-state index in [4.69, 9.17) is 30.3 Å². The van der Waals surface area contributed by atoms with Crippen LogP contribution < -0.4 is 14.8 Å². The minimum absolute atomic E-state index is 0.253. The molecule has 0 spiro atoms. The maximum absolute atomic E-state index is 12.0. The topological polar surface area (TPSA) is 99.9 Å². The van der Waals surface area contributed by atoms with Crippen LogP contribution in [0.25, 0.3) is 6.08 Å².